The number of hydrogen-bond donors (Lipinski definition) is 3. The molecule has 1 aliphatic carbocycles. The van der Waals surface area contributed by atoms with Gasteiger partial charge in [0.05, 0.1) is 23.3 Å². The molecule has 0 spiro atoms. The van der Waals surface area contributed by atoms with Gasteiger partial charge >= 0.3 is 0 Å². The Morgan fingerprint density at radius 3 is 2.55 bits per heavy atom. The highest BCUT2D eigenvalue weighted by Crippen LogP contribution is 2.37. The topological polar surface area (TPSA) is 125 Å². The van der Waals surface area contributed by atoms with Gasteiger partial charge in [0.1, 0.15) is 24.3 Å². The third-order valence-corrected chi connectivity index (χ3v) is 7.23. The maximum atomic E-state index is 13.6. The van der Waals surface area contributed by atoms with Crippen molar-refractivity contribution in [2.75, 3.05) is 20.3 Å². The Labute approximate surface area is 246 Å². The molecule has 0 saturated carbocycles. The third kappa shape index (κ3) is 8.01. The van der Waals surface area contributed by atoms with Crippen LogP contribution in [0.15, 0.2) is 48.0 Å². The van der Waals surface area contributed by atoms with Crippen LogP contribution in [0, 0.1) is 15.3 Å². The van der Waals surface area contributed by atoms with Gasteiger partial charge < -0.3 is 29.9 Å². The highest BCUT2D eigenvalue weighted by molar-refractivity contribution is 14.1. The summed E-state index contributed by atoms with van der Waals surface area (Å²) in [5.41, 5.74) is 1.30. The van der Waals surface area contributed by atoms with Crippen LogP contribution in [-0.4, -0.2) is 71.7 Å². The molecule has 0 saturated heterocycles. The lowest BCUT2D eigenvalue weighted by Gasteiger charge is -2.41. The molecule has 3 rings (SSSR count). The first kappa shape index (κ1) is 31.5. The van der Waals surface area contributed by atoms with Crippen LogP contribution < -0.4 is 14.8 Å². The Hall–Kier alpha value is -3.03. The Morgan fingerprint density at radius 1 is 1.25 bits per heavy atom. The summed E-state index contributed by atoms with van der Waals surface area (Å²) in [5, 5.41) is 23.4. The molecule has 11 heteroatoms. The largest absolute Gasteiger partial charge is 0.493 e. The lowest BCUT2D eigenvalue weighted by Crippen LogP contribution is -2.55. The first-order chi connectivity index (χ1) is 19.1. The Balaban J connectivity index is 2.04. The van der Waals surface area contributed by atoms with Crippen LogP contribution in [0.2, 0.25) is 0 Å². The summed E-state index contributed by atoms with van der Waals surface area (Å²) < 4.78 is 25.8. The highest BCUT2D eigenvalue weighted by atomic mass is 127. The summed E-state index contributed by atoms with van der Waals surface area (Å²) in [6, 6.07) is 7.98. The molecule has 0 aromatic heterocycles. The predicted molar refractivity (Wildman–Crippen MR) is 155 cm³/mol. The fraction of sp³-hybridized carbons (Fsp3) is 0.414. The average Bonchev–Trinajstić information content (AvgIpc) is 2.92. The van der Waals surface area contributed by atoms with E-state index in [1.54, 1.807) is 18.2 Å². The molecule has 0 unspecified atom stereocenters. The van der Waals surface area contributed by atoms with E-state index >= 15 is 0 Å². The van der Waals surface area contributed by atoms with Gasteiger partial charge in [-0.25, -0.2) is 4.39 Å². The smallest absolute Gasteiger partial charge is 0.247 e. The number of carbonyl (C=O) groups excluding carboxylic acids is 3. The van der Waals surface area contributed by atoms with Crippen LogP contribution in [0.5, 0.6) is 11.5 Å². The van der Waals surface area contributed by atoms with E-state index in [0.29, 0.717) is 21.0 Å². The summed E-state index contributed by atoms with van der Waals surface area (Å²) in [7, 11) is 1.42. The van der Waals surface area contributed by atoms with E-state index in [4.69, 9.17) is 9.47 Å². The van der Waals surface area contributed by atoms with Crippen molar-refractivity contribution in [3.05, 3.63) is 68.6 Å². The number of nitrogens with zero attached hydrogens (tertiary/aromatic N) is 1. The highest BCUT2D eigenvalue weighted by Gasteiger charge is 2.41. The number of rotatable bonds is 12. The van der Waals surface area contributed by atoms with E-state index in [0.717, 1.165) is 0 Å². The van der Waals surface area contributed by atoms with Gasteiger partial charge in [-0.1, -0.05) is 26.0 Å². The second kappa shape index (κ2) is 14.6. The van der Waals surface area contributed by atoms with Crippen molar-refractivity contribution in [1.82, 2.24) is 10.2 Å². The van der Waals surface area contributed by atoms with E-state index in [-0.39, 0.29) is 61.4 Å². The molecule has 0 heterocycles. The number of hydrogen-bond acceptors (Lipinski definition) is 7. The molecule has 2 aromatic rings. The maximum Gasteiger partial charge on any atom is 0.247 e. The molecule has 0 radical (unpaired) electrons. The fourth-order valence-electron chi connectivity index (χ4n) is 4.48. The molecule has 1 aliphatic rings. The van der Waals surface area contributed by atoms with Gasteiger partial charge in [0.25, 0.3) is 0 Å². The van der Waals surface area contributed by atoms with Gasteiger partial charge in [0.15, 0.2) is 11.5 Å². The van der Waals surface area contributed by atoms with E-state index in [2.05, 4.69) is 5.32 Å². The molecule has 0 bridgehead atoms. The number of nitrogens with one attached hydrogen (secondary N) is 1. The molecular weight excluding hydrogens is 634 g/mol. The molecule has 0 fully saturated rings. The predicted octanol–water partition coefficient (Wildman–Crippen LogP) is 3.24. The second-order valence-electron chi connectivity index (χ2n) is 9.91. The van der Waals surface area contributed by atoms with Crippen LogP contribution in [0.25, 0.3) is 0 Å². The summed E-state index contributed by atoms with van der Waals surface area (Å²) in [5.74, 6) is -0.548. The third-order valence-electron chi connectivity index (χ3n) is 6.43. The van der Waals surface area contributed by atoms with Crippen molar-refractivity contribution in [2.24, 2.45) is 5.92 Å². The van der Waals surface area contributed by atoms with Crippen LogP contribution in [0.3, 0.4) is 0 Å². The summed E-state index contributed by atoms with van der Waals surface area (Å²) in [4.78, 5) is 39.4. The van der Waals surface area contributed by atoms with Crippen LogP contribution in [-0.2, 0) is 16.1 Å². The lowest BCUT2D eigenvalue weighted by molar-refractivity contribution is -0.140. The number of halogens is 2. The van der Waals surface area contributed by atoms with Crippen molar-refractivity contribution in [2.45, 2.75) is 51.5 Å². The molecule has 3 N–H and O–H groups in total. The molecule has 2 aromatic carbocycles. The van der Waals surface area contributed by atoms with Crippen molar-refractivity contribution in [3.63, 3.8) is 0 Å². The molecular formula is C29H34FIN2O7. The number of ether oxygens (including phenoxy) is 2. The van der Waals surface area contributed by atoms with Crippen LogP contribution >= 0.6 is 22.6 Å². The number of aliphatic hydroxyl groups excluding tert-OH is 2. The monoisotopic (exact) mass is 668 g/mol. The maximum absolute atomic E-state index is 13.6. The SMILES string of the molecule is COc1cc(C=O)cc(I)c1O[C@H]1C=C(C(=O)NCCO)C[C@@H](N(Cc2ccc(F)cc2)C(=O)CC(C)C)[C@@H]1O. The van der Waals surface area contributed by atoms with Crippen molar-refractivity contribution in [1.29, 1.82) is 0 Å². The van der Waals surface area contributed by atoms with Gasteiger partial charge in [0, 0.05) is 37.1 Å². The molecule has 40 heavy (non-hydrogen) atoms. The second-order valence-corrected chi connectivity index (χ2v) is 11.1. The molecule has 2 amide bonds. The van der Waals surface area contributed by atoms with E-state index in [9.17, 15) is 29.0 Å². The zero-order valence-corrected chi connectivity index (χ0v) is 24.8. The number of carbonyl (C=O) groups is 3. The lowest BCUT2D eigenvalue weighted by atomic mass is 9.87. The fourth-order valence-corrected chi connectivity index (χ4v) is 5.23. The number of methoxy groups -OCH3 is 1. The summed E-state index contributed by atoms with van der Waals surface area (Å²) in [6.07, 6.45) is 0.0847. The van der Waals surface area contributed by atoms with E-state index in [1.807, 2.05) is 36.4 Å². The average molecular weight is 669 g/mol. The van der Waals surface area contributed by atoms with Gasteiger partial charge in [-0.05, 0) is 64.4 Å². The van der Waals surface area contributed by atoms with Gasteiger partial charge in [-0.15, -0.1) is 0 Å². The standard InChI is InChI=1S/C29H34FIN2O7/c1-17(2)10-26(36)33(15-18-4-6-21(30)7-5-18)23-13-20(29(38)32-8-9-34)14-24(27(23)37)40-28-22(31)11-19(16-35)12-25(28)39-3/h4-7,11-12,14,16-17,23-24,27,34,37H,8-10,13,15H2,1-3H3,(H,32,38)/t23-,24+,27+/m1/s1. The summed E-state index contributed by atoms with van der Waals surface area (Å²) in [6.45, 7) is 3.66. The minimum absolute atomic E-state index is 0.0272. The number of aldehydes is 1. The van der Waals surface area contributed by atoms with E-state index in [1.165, 1.54) is 36.3 Å². The van der Waals surface area contributed by atoms with E-state index < -0.39 is 30.0 Å². The van der Waals surface area contributed by atoms with Gasteiger partial charge in [-0.2, -0.15) is 0 Å². The zero-order valence-electron chi connectivity index (χ0n) is 22.6. The number of amides is 2. The zero-order chi connectivity index (χ0) is 29.4. The Morgan fingerprint density at radius 2 is 1.95 bits per heavy atom. The summed E-state index contributed by atoms with van der Waals surface area (Å²) >= 11 is 1.99. The van der Waals surface area contributed by atoms with Crippen molar-refractivity contribution >= 4 is 40.7 Å². The number of benzene rings is 2. The van der Waals surface area contributed by atoms with Gasteiger partial charge in [-0.3, -0.25) is 14.4 Å². The molecule has 0 aliphatic heterocycles. The van der Waals surface area contributed by atoms with Crippen LogP contribution in [0.1, 0.15) is 42.6 Å². The number of aliphatic hydroxyl groups is 2. The van der Waals surface area contributed by atoms with Gasteiger partial charge in [0.2, 0.25) is 11.8 Å². The molecule has 216 valence electrons. The Kier molecular flexibility index (Phi) is 11.5. The van der Waals surface area contributed by atoms with Crippen molar-refractivity contribution < 1.29 is 38.5 Å². The Bertz CT molecular complexity index is 1240. The molecule has 9 nitrogen and oxygen atoms in total. The molecule has 3 atom stereocenters. The first-order valence-electron chi connectivity index (χ1n) is 12.9. The minimum Gasteiger partial charge on any atom is -0.493 e. The quantitative estimate of drug-likeness (QED) is 0.234. The first-order valence-corrected chi connectivity index (χ1v) is 14.0. The van der Waals surface area contributed by atoms with Crippen molar-refractivity contribution in [3.8, 4) is 11.5 Å². The normalized spacial score (nSPS) is 18.6. The van der Waals surface area contributed by atoms with Crippen LogP contribution in [0.4, 0.5) is 4.39 Å². The minimum atomic E-state index is -1.25.